The molecule has 0 aliphatic heterocycles. The topological polar surface area (TPSA) is 83.5 Å². The van der Waals surface area contributed by atoms with E-state index in [1.165, 1.54) is 0 Å². The van der Waals surface area contributed by atoms with Crippen molar-refractivity contribution >= 4 is 16.0 Å². The Labute approximate surface area is 96.4 Å². The Morgan fingerprint density at radius 2 is 1.76 bits per heavy atom. The summed E-state index contributed by atoms with van der Waals surface area (Å²) in [6, 6.07) is 0. The fraction of sp³-hybridized carbons (Fsp3) is 0.625. The lowest BCUT2D eigenvalue weighted by atomic mass is 10.1. The molecule has 17 heavy (non-hydrogen) atoms. The smallest absolute Gasteiger partial charge is 0.346 e. The summed E-state index contributed by atoms with van der Waals surface area (Å²) in [6.07, 6.45) is -4.89. The van der Waals surface area contributed by atoms with E-state index >= 15 is 0 Å². The minimum absolute atomic E-state index is 0.906. The van der Waals surface area contributed by atoms with E-state index in [2.05, 4.69) is 6.58 Å². The molecule has 0 bridgehead atoms. The number of alkyl halides is 3. The third-order valence-electron chi connectivity index (χ3n) is 1.61. The Morgan fingerprint density at radius 1 is 1.35 bits per heavy atom. The number of hydrogen-bond donors (Lipinski definition) is 2. The first-order valence-electron chi connectivity index (χ1n) is 4.28. The van der Waals surface area contributed by atoms with Crippen molar-refractivity contribution in [1.82, 2.24) is 5.32 Å². The quantitative estimate of drug-likeness (QED) is 0.589. The molecular formula is C8H12F3NO4S. The molecular weight excluding hydrogens is 263 g/mol. The summed E-state index contributed by atoms with van der Waals surface area (Å²) < 4.78 is 65.9. The number of hydrogen-bond acceptors (Lipinski definition) is 3. The Kier molecular flexibility index (Phi) is 4.35. The number of amides is 1. The zero-order chi connectivity index (χ0) is 14.1. The zero-order valence-corrected chi connectivity index (χ0v) is 9.94. The molecule has 0 rings (SSSR count). The number of rotatable bonds is 4. The molecule has 0 unspecified atom stereocenters. The molecule has 0 spiro atoms. The van der Waals surface area contributed by atoms with Crippen LogP contribution < -0.4 is 5.32 Å². The van der Waals surface area contributed by atoms with Gasteiger partial charge < -0.3 is 5.32 Å². The third kappa shape index (κ3) is 6.27. The van der Waals surface area contributed by atoms with Crippen LogP contribution in [0.1, 0.15) is 13.8 Å². The van der Waals surface area contributed by atoms with Gasteiger partial charge in [-0.3, -0.25) is 9.35 Å². The summed E-state index contributed by atoms with van der Waals surface area (Å²) >= 11 is 0. The number of carbonyl (C=O) groups excluding carboxylic acids is 1. The van der Waals surface area contributed by atoms with E-state index in [-0.39, 0.29) is 0 Å². The van der Waals surface area contributed by atoms with Crippen LogP contribution >= 0.6 is 0 Å². The maximum absolute atomic E-state index is 12.1. The maximum atomic E-state index is 12.1. The van der Waals surface area contributed by atoms with E-state index in [9.17, 15) is 26.4 Å². The van der Waals surface area contributed by atoms with Gasteiger partial charge in [0.15, 0.2) is 0 Å². The summed E-state index contributed by atoms with van der Waals surface area (Å²) in [5.74, 6) is -2.44. The van der Waals surface area contributed by atoms with Crippen LogP contribution in [0.25, 0.3) is 0 Å². The van der Waals surface area contributed by atoms with Crippen molar-refractivity contribution in [2.45, 2.75) is 25.6 Å². The molecule has 0 aliphatic carbocycles. The Balaban J connectivity index is 4.75. The van der Waals surface area contributed by atoms with Gasteiger partial charge in [-0.1, -0.05) is 6.58 Å². The first-order valence-corrected chi connectivity index (χ1v) is 5.89. The highest BCUT2D eigenvalue weighted by atomic mass is 32.2. The van der Waals surface area contributed by atoms with Crippen LogP contribution in [-0.2, 0) is 14.9 Å². The predicted octanol–water partition coefficient (Wildman–Crippen LogP) is 0.888. The second kappa shape index (κ2) is 4.65. The van der Waals surface area contributed by atoms with Gasteiger partial charge in [-0.05, 0) is 13.8 Å². The third-order valence-corrected chi connectivity index (χ3v) is 2.70. The summed E-state index contributed by atoms with van der Waals surface area (Å²) in [5.41, 5.74) is -3.18. The molecule has 100 valence electrons. The lowest BCUT2D eigenvalue weighted by Crippen LogP contribution is -2.49. The first kappa shape index (κ1) is 15.9. The van der Waals surface area contributed by atoms with Gasteiger partial charge in [0.25, 0.3) is 16.0 Å². The van der Waals surface area contributed by atoms with E-state index in [1.807, 2.05) is 5.32 Å². The first-order chi connectivity index (χ1) is 7.25. The van der Waals surface area contributed by atoms with Crippen molar-refractivity contribution in [1.29, 1.82) is 0 Å². The molecule has 0 atom stereocenters. The molecule has 2 N–H and O–H groups in total. The van der Waals surface area contributed by atoms with Gasteiger partial charge >= 0.3 is 6.18 Å². The average molecular weight is 275 g/mol. The average Bonchev–Trinajstić information content (AvgIpc) is 1.94. The molecule has 1 amide bonds. The minimum atomic E-state index is -4.89. The molecule has 0 heterocycles. The fourth-order valence-corrected chi connectivity index (χ4v) is 1.99. The summed E-state index contributed by atoms with van der Waals surface area (Å²) in [4.78, 5) is 11.1. The van der Waals surface area contributed by atoms with E-state index in [4.69, 9.17) is 4.55 Å². The monoisotopic (exact) mass is 275 g/mol. The molecule has 0 radical (unpaired) electrons. The molecule has 0 saturated carbocycles. The standard InChI is InChI=1S/C8H12F3NO4S/c1-5(8(9,10)11)6(13)12-7(2,3)4-17(14,15)16/h1,4H2,2-3H3,(H,12,13)(H,14,15,16). The van der Waals surface area contributed by atoms with Crippen molar-refractivity contribution in [2.75, 3.05) is 5.75 Å². The van der Waals surface area contributed by atoms with E-state index < -0.39 is 39.1 Å². The van der Waals surface area contributed by atoms with Crippen LogP contribution in [0.15, 0.2) is 12.2 Å². The maximum Gasteiger partial charge on any atom is 0.421 e. The summed E-state index contributed by atoms with van der Waals surface area (Å²) in [5, 5.41) is 1.82. The predicted molar refractivity (Wildman–Crippen MR) is 53.8 cm³/mol. The van der Waals surface area contributed by atoms with Gasteiger partial charge in [0.1, 0.15) is 5.57 Å². The largest absolute Gasteiger partial charge is 0.421 e. The van der Waals surface area contributed by atoms with Crippen molar-refractivity contribution in [3.05, 3.63) is 12.2 Å². The SMILES string of the molecule is C=C(C(=O)NC(C)(C)CS(=O)(=O)O)C(F)(F)F. The highest BCUT2D eigenvalue weighted by Gasteiger charge is 2.39. The van der Waals surface area contributed by atoms with Crippen molar-refractivity contribution < 1.29 is 30.9 Å². The highest BCUT2D eigenvalue weighted by molar-refractivity contribution is 7.85. The molecule has 0 aromatic heterocycles. The Morgan fingerprint density at radius 3 is 2.06 bits per heavy atom. The number of carbonyl (C=O) groups is 1. The van der Waals surface area contributed by atoms with Crippen LogP contribution in [-0.4, -0.2) is 36.3 Å². The second-order valence-electron chi connectivity index (χ2n) is 4.04. The molecule has 5 nitrogen and oxygen atoms in total. The number of halogens is 3. The van der Waals surface area contributed by atoms with Crippen LogP contribution in [0, 0.1) is 0 Å². The fourth-order valence-electron chi connectivity index (χ4n) is 1.00. The van der Waals surface area contributed by atoms with Gasteiger partial charge in [0, 0.05) is 0 Å². The molecule has 0 aliphatic rings. The van der Waals surface area contributed by atoms with Crippen LogP contribution in [0.5, 0.6) is 0 Å². The van der Waals surface area contributed by atoms with Crippen molar-refractivity contribution in [3.63, 3.8) is 0 Å². The van der Waals surface area contributed by atoms with Gasteiger partial charge in [-0.25, -0.2) is 0 Å². The van der Waals surface area contributed by atoms with Gasteiger partial charge in [0.2, 0.25) is 0 Å². The van der Waals surface area contributed by atoms with E-state index in [1.54, 1.807) is 0 Å². The summed E-state index contributed by atoms with van der Waals surface area (Å²) in [6.45, 7) is 4.87. The van der Waals surface area contributed by atoms with Gasteiger partial charge in [-0.15, -0.1) is 0 Å². The van der Waals surface area contributed by atoms with Crippen molar-refractivity contribution in [3.8, 4) is 0 Å². The van der Waals surface area contributed by atoms with Crippen molar-refractivity contribution in [2.24, 2.45) is 0 Å². The molecule has 0 aromatic rings. The Bertz CT molecular complexity index is 425. The highest BCUT2D eigenvalue weighted by Crippen LogP contribution is 2.24. The van der Waals surface area contributed by atoms with E-state index in [0.717, 1.165) is 13.8 Å². The normalized spacial score (nSPS) is 13.3. The molecule has 0 fully saturated rings. The van der Waals surface area contributed by atoms with E-state index in [0.29, 0.717) is 0 Å². The number of nitrogens with one attached hydrogen (secondary N) is 1. The lowest BCUT2D eigenvalue weighted by Gasteiger charge is -2.25. The molecule has 9 heteroatoms. The lowest BCUT2D eigenvalue weighted by molar-refractivity contribution is -0.131. The van der Waals surface area contributed by atoms with Crippen LogP contribution in [0.3, 0.4) is 0 Å². The Hall–Kier alpha value is -1.09. The van der Waals surface area contributed by atoms with Gasteiger partial charge in [-0.2, -0.15) is 21.6 Å². The van der Waals surface area contributed by atoms with Crippen LogP contribution in [0.2, 0.25) is 0 Å². The van der Waals surface area contributed by atoms with Crippen LogP contribution in [0.4, 0.5) is 13.2 Å². The minimum Gasteiger partial charge on any atom is -0.346 e. The summed E-state index contributed by atoms with van der Waals surface area (Å²) in [7, 11) is -4.41. The second-order valence-corrected chi connectivity index (χ2v) is 5.49. The molecule has 0 aromatic carbocycles. The van der Waals surface area contributed by atoms with Gasteiger partial charge in [0.05, 0.1) is 11.3 Å². The molecule has 0 saturated heterocycles. The zero-order valence-electron chi connectivity index (χ0n) is 9.13.